The smallest absolute Gasteiger partial charge is 0.130 e. The van der Waals surface area contributed by atoms with E-state index in [2.05, 4.69) is 6.07 Å². The van der Waals surface area contributed by atoms with Crippen LogP contribution in [0.25, 0.3) is 11.1 Å². The van der Waals surface area contributed by atoms with Crippen LogP contribution in [0, 0.1) is 11.3 Å². The van der Waals surface area contributed by atoms with E-state index < -0.39 is 0 Å². The van der Waals surface area contributed by atoms with E-state index in [1.807, 2.05) is 42.5 Å². The largest absolute Gasteiger partial charge is 0.496 e. The summed E-state index contributed by atoms with van der Waals surface area (Å²) in [7, 11) is 3.26. The van der Waals surface area contributed by atoms with Gasteiger partial charge < -0.3 is 9.47 Å². The third-order valence-electron chi connectivity index (χ3n) is 2.98. The minimum atomic E-state index is 0.359. The maximum absolute atomic E-state index is 8.93. The lowest BCUT2D eigenvalue weighted by atomic mass is 9.96. The fraction of sp³-hybridized carbons (Fsp3) is 0.188. The molecule has 19 heavy (non-hydrogen) atoms. The number of hydrogen-bond acceptors (Lipinski definition) is 3. The Bertz CT molecular complexity index is 592. The maximum atomic E-state index is 8.93. The molecule has 0 radical (unpaired) electrons. The van der Waals surface area contributed by atoms with Crippen LogP contribution in [-0.4, -0.2) is 14.2 Å². The van der Waals surface area contributed by atoms with Crippen LogP contribution in [-0.2, 0) is 6.42 Å². The number of nitriles is 1. The van der Waals surface area contributed by atoms with Gasteiger partial charge in [-0.3, -0.25) is 0 Å². The van der Waals surface area contributed by atoms with Gasteiger partial charge in [0.15, 0.2) is 0 Å². The molecule has 0 bridgehead atoms. The average molecular weight is 253 g/mol. The van der Waals surface area contributed by atoms with Crippen molar-refractivity contribution in [1.82, 2.24) is 0 Å². The van der Waals surface area contributed by atoms with Crippen molar-refractivity contribution in [3.8, 4) is 28.7 Å². The number of hydrogen-bond donors (Lipinski definition) is 0. The number of methoxy groups -OCH3 is 2. The Balaban J connectivity index is 2.68. The summed E-state index contributed by atoms with van der Waals surface area (Å²) in [5, 5.41) is 8.93. The molecule has 0 aliphatic rings. The van der Waals surface area contributed by atoms with Gasteiger partial charge in [0.2, 0.25) is 0 Å². The normalized spacial score (nSPS) is 9.74. The molecule has 2 rings (SSSR count). The van der Waals surface area contributed by atoms with Crippen LogP contribution in [0.1, 0.15) is 5.56 Å². The van der Waals surface area contributed by atoms with E-state index in [0.717, 1.165) is 28.2 Å². The average Bonchev–Trinajstić information content (AvgIpc) is 2.47. The molecule has 0 aliphatic heterocycles. The van der Waals surface area contributed by atoms with Gasteiger partial charge in [-0.2, -0.15) is 5.26 Å². The van der Waals surface area contributed by atoms with E-state index in [-0.39, 0.29) is 0 Å². The highest BCUT2D eigenvalue weighted by atomic mass is 16.5. The Hall–Kier alpha value is -2.47. The van der Waals surface area contributed by atoms with Gasteiger partial charge >= 0.3 is 0 Å². The summed E-state index contributed by atoms with van der Waals surface area (Å²) in [6.45, 7) is 0. The first-order valence-corrected chi connectivity index (χ1v) is 5.98. The quantitative estimate of drug-likeness (QED) is 0.838. The zero-order valence-corrected chi connectivity index (χ0v) is 11.0. The van der Waals surface area contributed by atoms with Crippen LogP contribution in [0.2, 0.25) is 0 Å². The predicted molar refractivity (Wildman–Crippen MR) is 74.3 cm³/mol. The Labute approximate surface area is 113 Å². The zero-order valence-electron chi connectivity index (χ0n) is 11.0. The van der Waals surface area contributed by atoms with Crippen LogP contribution >= 0.6 is 0 Å². The fourth-order valence-electron chi connectivity index (χ4n) is 2.12. The van der Waals surface area contributed by atoms with E-state index in [9.17, 15) is 0 Å². The SMILES string of the molecule is COc1cccc(OC)c1-c1ccccc1CC#N. The van der Waals surface area contributed by atoms with E-state index >= 15 is 0 Å². The van der Waals surface area contributed by atoms with Gasteiger partial charge in [-0.25, -0.2) is 0 Å². The summed E-state index contributed by atoms with van der Waals surface area (Å²) in [4.78, 5) is 0. The number of nitrogens with zero attached hydrogens (tertiary/aromatic N) is 1. The first-order chi connectivity index (χ1) is 9.31. The molecule has 0 aliphatic carbocycles. The molecule has 3 heteroatoms. The minimum Gasteiger partial charge on any atom is -0.496 e. The van der Waals surface area contributed by atoms with Gasteiger partial charge in [-0.1, -0.05) is 30.3 Å². The Morgan fingerprint density at radius 1 is 0.947 bits per heavy atom. The summed E-state index contributed by atoms with van der Waals surface area (Å²) in [6, 6.07) is 15.7. The van der Waals surface area contributed by atoms with Crippen molar-refractivity contribution in [3.05, 3.63) is 48.0 Å². The standard InChI is InChI=1S/C16H15NO2/c1-18-14-8-5-9-15(19-2)16(14)13-7-4-3-6-12(13)10-11-17/h3-9H,10H2,1-2H3. The molecule has 0 fully saturated rings. The van der Waals surface area contributed by atoms with Crippen molar-refractivity contribution in [1.29, 1.82) is 5.26 Å². The lowest BCUT2D eigenvalue weighted by Gasteiger charge is -2.15. The highest BCUT2D eigenvalue weighted by Crippen LogP contribution is 2.39. The molecule has 0 N–H and O–H groups in total. The fourth-order valence-corrected chi connectivity index (χ4v) is 2.12. The monoisotopic (exact) mass is 253 g/mol. The molecule has 2 aromatic rings. The van der Waals surface area contributed by atoms with Gasteiger partial charge in [0.25, 0.3) is 0 Å². The van der Waals surface area contributed by atoms with Gasteiger partial charge in [-0.05, 0) is 23.3 Å². The lowest BCUT2D eigenvalue weighted by molar-refractivity contribution is 0.397. The van der Waals surface area contributed by atoms with E-state index in [0.29, 0.717) is 6.42 Å². The third kappa shape index (κ3) is 2.53. The van der Waals surface area contributed by atoms with Crippen LogP contribution in [0.4, 0.5) is 0 Å². The minimum absolute atomic E-state index is 0.359. The second-order valence-corrected chi connectivity index (χ2v) is 4.03. The number of rotatable bonds is 4. The Morgan fingerprint density at radius 2 is 1.58 bits per heavy atom. The van der Waals surface area contributed by atoms with Crippen molar-refractivity contribution in [3.63, 3.8) is 0 Å². The highest BCUT2D eigenvalue weighted by Gasteiger charge is 2.14. The number of ether oxygens (including phenoxy) is 2. The second kappa shape index (κ2) is 5.92. The van der Waals surface area contributed by atoms with E-state index in [4.69, 9.17) is 14.7 Å². The van der Waals surface area contributed by atoms with Crippen LogP contribution in [0.15, 0.2) is 42.5 Å². The molecule has 2 aromatic carbocycles. The van der Waals surface area contributed by atoms with Gasteiger partial charge in [-0.15, -0.1) is 0 Å². The Kier molecular flexibility index (Phi) is 4.04. The number of benzene rings is 2. The molecule has 0 heterocycles. The molecule has 96 valence electrons. The van der Waals surface area contributed by atoms with Crippen LogP contribution in [0.5, 0.6) is 11.5 Å². The molecule has 3 nitrogen and oxygen atoms in total. The Morgan fingerprint density at radius 3 is 2.16 bits per heavy atom. The maximum Gasteiger partial charge on any atom is 0.130 e. The molecule has 0 spiro atoms. The second-order valence-electron chi connectivity index (χ2n) is 4.03. The van der Waals surface area contributed by atoms with Crippen LogP contribution < -0.4 is 9.47 Å². The molecular formula is C16H15NO2. The molecule has 0 unspecified atom stereocenters. The molecular weight excluding hydrogens is 238 g/mol. The van der Waals surface area contributed by atoms with Gasteiger partial charge in [0.1, 0.15) is 11.5 Å². The molecule has 0 atom stereocenters. The highest BCUT2D eigenvalue weighted by molar-refractivity contribution is 5.79. The first-order valence-electron chi connectivity index (χ1n) is 5.98. The van der Waals surface area contributed by atoms with Crippen molar-refractivity contribution in [2.75, 3.05) is 14.2 Å². The summed E-state index contributed by atoms with van der Waals surface area (Å²) >= 11 is 0. The van der Waals surface area contributed by atoms with Crippen molar-refractivity contribution in [2.24, 2.45) is 0 Å². The van der Waals surface area contributed by atoms with Gasteiger partial charge in [0, 0.05) is 0 Å². The molecule has 0 amide bonds. The topological polar surface area (TPSA) is 42.2 Å². The summed E-state index contributed by atoms with van der Waals surface area (Å²) < 4.78 is 10.8. The summed E-state index contributed by atoms with van der Waals surface area (Å²) in [5.41, 5.74) is 2.82. The van der Waals surface area contributed by atoms with E-state index in [1.54, 1.807) is 14.2 Å². The van der Waals surface area contributed by atoms with Crippen molar-refractivity contribution in [2.45, 2.75) is 6.42 Å². The predicted octanol–water partition coefficient (Wildman–Crippen LogP) is 3.44. The van der Waals surface area contributed by atoms with Crippen molar-refractivity contribution >= 4 is 0 Å². The lowest BCUT2D eigenvalue weighted by Crippen LogP contribution is -1.95. The summed E-state index contributed by atoms with van der Waals surface area (Å²) in [5.74, 6) is 1.48. The third-order valence-corrected chi connectivity index (χ3v) is 2.98. The molecule has 0 saturated heterocycles. The molecule has 0 aromatic heterocycles. The van der Waals surface area contributed by atoms with E-state index in [1.165, 1.54) is 0 Å². The zero-order chi connectivity index (χ0) is 13.7. The first kappa shape index (κ1) is 13.0. The molecule has 0 saturated carbocycles. The van der Waals surface area contributed by atoms with Crippen LogP contribution in [0.3, 0.4) is 0 Å². The van der Waals surface area contributed by atoms with Crippen molar-refractivity contribution < 1.29 is 9.47 Å². The summed E-state index contributed by atoms with van der Waals surface area (Å²) in [6.07, 6.45) is 0.359. The van der Waals surface area contributed by atoms with Gasteiger partial charge in [0.05, 0.1) is 32.3 Å².